The summed E-state index contributed by atoms with van der Waals surface area (Å²) in [5.74, 6) is -0.162. The third-order valence-corrected chi connectivity index (χ3v) is 2.25. The van der Waals surface area contributed by atoms with Crippen molar-refractivity contribution in [1.82, 2.24) is 0 Å². The Morgan fingerprint density at radius 2 is 2.20 bits per heavy atom. The number of nitrogens with one attached hydrogen (secondary N) is 1. The lowest BCUT2D eigenvalue weighted by Crippen LogP contribution is -2.07. The van der Waals surface area contributed by atoms with Gasteiger partial charge < -0.3 is 10.1 Å². The molecule has 15 heavy (non-hydrogen) atoms. The maximum Gasteiger partial charge on any atom is 0.128 e. The minimum atomic E-state index is -0.162. The van der Waals surface area contributed by atoms with E-state index in [0.29, 0.717) is 5.56 Å². The predicted octanol–water partition coefficient (Wildman–Crippen LogP) is 2.97. The zero-order valence-electron chi connectivity index (χ0n) is 9.35. The molecule has 0 fully saturated rings. The van der Waals surface area contributed by atoms with Crippen LogP contribution in [0.15, 0.2) is 18.2 Å². The van der Waals surface area contributed by atoms with Crippen molar-refractivity contribution in [3.63, 3.8) is 0 Å². The van der Waals surface area contributed by atoms with Gasteiger partial charge in [0.15, 0.2) is 0 Å². The number of rotatable bonds is 6. The minimum absolute atomic E-state index is 0.162. The van der Waals surface area contributed by atoms with Gasteiger partial charge in [0.1, 0.15) is 5.82 Å². The molecule has 0 saturated carbocycles. The lowest BCUT2D eigenvalue weighted by Gasteiger charge is -2.09. The molecule has 0 bridgehead atoms. The van der Waals surface area contributed by atoms with E-state index in [1.165, 1.54) is 6.07 Å². The molecule has 0 heterocycles. The first-order valence-corrected chi connectivity index (χ1v) is 5.32. The maximum atomic E-state index is 13.1. The highest BCUT2D eigenvalue weighted by molar-refractivity contribution is 5.50. The number of anilines is 1. The predicted molar refractivity (Wildman–Crippen MR) is 60.7 cm³/mol. The van der Waals surface area contributed by atoms with Gasteiger partial charge in [0.05, 0.1) is 0 Å². The molecule has 84 valence electrons. The molecular weight excluding hydrogens is 193 g/mol. The summed E-state index contributed by atoms with van der Waals surface area (Å²) in [6.45, 7) is 6.06. The van der Waals surface area contributed by atoms with Crippen molar-refractivity contribution in [2.24, 2.45) is 0 Å². The Hall–Kier alpha value is -1.09. The second-order valence-corrected chi connectivity index (χ2v) is 3.39. The van der Waals surface area contributed by atoms with Gasteiger partial charge in [-0.2, -0.15) is 0 Å². The van der Waals surface area contributed by atoms with Crippen LogP contribution in [-0.2, 0) is 4.74 Å². The molecule has 0 aliphatic heterocycles. The van der Waals surface area contributed by atoms with Crippen molar-refractivity contribution in [3.05, 3.63) is 29.6 Å². The van der Waals surface area contributed by atoms with E-state index >= 15 is 0 Å². The summed E-state index contributed by atoms with van der Waals surface area (Å²) in [7, 11) is 0. The average molecular weight is 211 g/mol. The number of hydrogen-bond donors (Lipinski definition) is 1. The molecular formula is C12H18FNO. The first-order valence-electron chi connectivity index (χ1n) is 5.32. The molecule has 0 aliphatic carbocycles. The third kappa shape index (κ3) is 3.88. The van der Waals surface area contributed by atoms with E-state index in [0.717, 1.165) is 31.9 Å². The van der Waals surface area contributed by atoms with E-state index in [4.69, 9.17) is 4.74 Å². The zero-order valence-corrected chi connectivity index (χ0v) is 9.35. The Labute approximate surface area is 90.4 Å². The summed E-state index contributed by atoms with van der Waals surface area (Å²) < 4.78 is 18.4. The zero-order chi connectivity index (χ0) is 11.1. The van der Waals surface area contributed by atoms with E-state index in [9.17, 15) is 4.39 Å². The average Bonchev–Trinajstić information content (AvgIpc) is 2.24. The van der Waals surface area contributed by atoms with Crippen molar-refractivity contribution < 1.29 is 9.13 Å². The fourth-order valence-electron chi connectivity index (χ4n) is 1.34. The van der Waals surface area contributed by atoms with E-state index < -0.39 is 0 Å². The van der Waals surface area contributed by atoms with Crippen molar-refractivity contribution >= 4 is 5.69 Å². The molecule has 1 aromatic carbocycles. The quantitative estimate of drug-likeness (QED) is 0.730. The molecule has 0 atom stereocenters. The second kappa shape index (κ2) is 6.40. The van der Waals surface area contributed by atoms with Crippen LogP contribution < -0.4 is 5.32 Å². The monoisotopic (exact) mass is 211 g/mol. The molecule has 1 rings (SSSR count). The minimum Gasteiger partial charge on any atom is -0.385 e. The molecule has 0 saturated heterocycles. The van der Waals surface area contributed by atoms with Crippen molar-refractivity contribution in [1.29, 1.82) is 0 Å². The van der Waals surface area contributed by atoms with Crippen LogP contribution in [-0.4, -0.2) is 19.8 Å². The first-order chi connectivity index (χ1) is 7.25. The first kappa shape index (κ1) is 12.0. The molecule has 2 nitrogen and oxygen atoms in total. The van der Waals surface area contributed by atoms with Crippen LogP contribution in [0.1, 0.15) is 18.9 Å². The van der Waals surface area contributed by atoms with Crippen LogP contribution in [0, 0.1) is 12.7 Å². The number of hydrogen-bond acceptors (Lipinski definition) is 2. The summed E-state index contributed by atoms with van der Waals surface area (Å²) in [5, 5.41) is 3.19. The summed E-state index contributed by atoms with van der Waals surface area (Å²) in [6, 6.07) is 5.08. The van der Waals surface area contributed by atoms with Gasteiger partial charge in [-0.1, -0.05) is 6.07 Å². The van der Waals surface area contributed by atoms with E-state index in [1.54, 1.807) is 13.0 Å². The van der Waals surface area contributed by atoms with Crippen molar-refractivity contribution in [2.75, 3.05) is 25.1 Å². The van der Waals surface area contributed by atoms with Gasteiger partial charge in [0.25, 0.3) is 0 Å². The molecule has 0 radical (unpaired) electrons. The fraction of sp³-hybridized carbons (Fsp3) is 0.500. The summed E-state index contributed by atoms with van der Waals surface area (Å²) in [5.41, 5.74) is 1.54. The van der Waals surface area contributed by atoms with Gasteiger partial charge in [-0.3, -0.25) is 0 Å². The van der Waals surface area contributed by atoms with Gasteiger partial charge in [-0.05, 0) is 32.4 Å². The topological polar surface area (TPSA) is 21.3 Å². The lowest BCUT2D eigenvalue weighted by atomic mass is 10.2. The molecule has 1 N–H and O–H groups in total. The van der Waals surface area contributed by atoms with Crippen LogP contribution in [0.2, 0.25) is 0 Å². The van der Waals surface area contributed by atoms with Gasteiger partial charge in [0.2, 0.25) is 0 Å². The van der Waals surface area contributed by atoms with Gasteiger partial charge >= 0.3 is 0 Å². The molecule has 0 spiro atoms. The van der Waals surface area contributed by atoms with Crippen LogP contribution in [0.25, 0.3) is 0 Å². The van der Waals surface area contributed by atoms with Crippen LogP contribution in [0.3, 0.4) is 0 Å². The van der Waals surface area contributed by atoms with Crippen LogP contribution in [0.5, 0.6) is 0 Å². The summed E-state index contributed by atoms with van der Waals surface area (Å²) >= 11 is 0. The second-order valence-electron chi connectivity index (χ2n) is 3.39. The highest BCUT2D eigenvalue weighted by Gasteiger charge is 2.01. The van der Waals surface area contributed by atoms with Crippen LogP contribution >= 0.6 is 0 Å². The largest absolute Gasteiger partial charge is 0.385 e. The third-order valence-electron chi connectivity index (χ3n) is 2.25. The lowest BCUT2D eigenvalue weighted by molar-refractivity contribution is 0.147. The Morgan fingerprint density at radius 1 is 1.40 bits per heavy atom. The molecule has 0 aromatic heterocycles. The number of halogens is 1. The van der Waals surface area contributed by atoms with Gasteiger partial charge in [-0.25, -0.2) is 4.39 Å². The highest BCUT2D eigenvalue weighted by atomic mass is 19.1. The van der Waals surface area contributed by atoms with Crippen molar-refractivity contribution in [2.45, 2.75) is 20.3 Å². The molecule has 0 unspecified atom stereocenters. The van der Waals surface area contributed by atoms with E-state index in [-0.39, 0.29) is 5.82 Å². The smallest absolute Gasteiger partial charge is 0.128 e. The van der Waals surface area contributed by atoms with Gasteiger partial charge in [-0.15, -0.1) is 0 Å². The number of benzene rings is 1. The maximum absolute atomic E-state index is 13.1. The molecule has 0 amide bonds. The summed E-state index contributed by atoms with van der Waals surface area (Å²) in [4.78, 5) is 0. The SMILES string of the molecule is CCOCCCNc1cccc(F)c1C. The Kier molecular flexibility index (Phi) is 5.12. The Balaban J connectivity index is 2.34. The Bertz CT molecular complexity index is 302. The van der Waals surface area contributed by atoms with Crippen molar-refractivity contribution in [3.8, 4) is 0 Å². The normalized spacial score (nSPS) is 10.3. The van der Waals surface area contributed by atoms with E-state index in [1.807, 2.05) is 13.0 Å². The molecule has 1 aromatic rings. The molecule has 0 aliphatic rings. The molecule has 3 heteroatoms. The standard InChI is InChI=1S/C12H18FNO/c1-3-15-9-5-8-14-12-7-4-6-11(13)10(12)2/h4,6-7,14H,3,5,8-9H2,1-2H3. The number of ether oxygens (including phenoxy) is 1. The highest BCUT2D eigenvalue weighted by Crippen LogP contribution is 2.16. The summed E-state index contributed by atoms with van der Waals surface area (Å²) in [6.07, 6.45) is 0.934. The fourth-order valence-corrected chi connectivity index (χ4v) is 1.34. The van der Waals surface area contributed by atoms with Crippen LogP contribution in [0.4, 0.5) is 10.1 Å². The van der Waals surface area contributed by atoms with E-state index in [2.05, 4.69) is 5.32 Å². The Morgan fingerprint density at radius 3 is 2.93 bits per heavy atom. The van der Waals surface area contributed by atoms with Gasteiger partial charge in [0, 0.05) is 31.0 Å².